The van der Waals surface area contributed by atoms with Gasteiger partial charge in [-0.2, -0.15) is 0 Å². The van der Waals surface area contributed by atoms with Crippen LogP contribution in [0.4, 0.5) is 0 Å². The van der Waals surface area contributed by atoms with Gasteiger partial charge in [0, 0.05) is 36.0 Å². The number of furan rings is 1. The molecule has 4 rings (SSSR count). The van der Waals surface area contributed by atoms with Gasteiger partial charge in [0.2, 0.25) is 0 Å². The van der Waals surface area contributed by atoms with Crippen LogP contribution >= 0.6 is 11.6 Å². The third kappa shape index (κ3) is 3.36. The molecule has 0 aliphatic heterocycles. The summed E-state index contributed by atoms with van der Waals surface area (Å²) in [5, 5.41) is 4.33. The highest BCUT2D eigenvalue weighted by atomic mass is 35.5. The average molecular weight is 410 g/mol. The van der Waals surface area contributed by atoms with Crippen LogP contribution in [0.15, 0.2) is 59.3 Å². The molecule has 7 heteroatoms. The Hall–Kier alpha value is -3.25. The molecule has 0 saturated carbocycles. The second-order valence-corrected chi connectivity index (χ2v) is 7.12. The number of halogens is 1. The molecule has 148 valence electrons. The van der Waals surface area contributed by atoms with E-state index in [2.05, 4.69) is 10.3 Å². The van der Waals surface area contributed by atoms with Gasteiger partial charge in [0.15, 0.2) is 11.3 Å². The number of amides is 1. The predicted molar refractivity (Wildman–Crippen MR) is 111 cm³/mol. The normalized spacial score (nSPS) is 12.1. The van der Waals surface area contributed by atoms with E-state index in [1.165, 1.54) is 0 Å². The summed E-state index contributed by atoms with van der Waals surface area (Å²) in [7, 11) is 3.48. The molecule has 1 N–H and O–H groups in total. The van der Waals surface area contributed by atoms with E-state index in [1.807, 2.05) is 61.1 Å². The lowest BCUT2D eigenvalue weighted by atomic mass is 10.0. The average Bonchev–Trinajstić information content (AvgIpc) is 3.30. The molecule has 6 nitrogen and oxygen atoms in total. The van der Waals surface area contributed by atoms with Gasteiger partial charge < -0.3 is 19.0 Å². The number of aryl methyl sites for hydroxylation is 2. The van der Waals surface area contributed by atoms with E-state index in [0.717, 1.165) is 16.5 Å². The van der Waals surface area contributed by atoms with Gasteiger partial charge in [0.1, 0.15) is 17.6 Å². The first-order valence-electron chi connectivity index (χ1n) is 9.10. The molecule has 0 bridgehead atoms. The molecule has 0 saturated heterocycles. The summed E-state index contributed by atoms with van der Waals surface area (Å²) in [6, 6.07) is 12.5. The molecule has 0 radical (unpaired) electrons. The second-order valence-electron chi connectivity index (χ2n) is 6.72. The van der Waals surface area contributed by atoms with Crippen LogP contribution in [0, 0.1) is 6.92 Å². The molecule has 1 amide bonds. The molecule has 2 aromatic heterocycles. The molecule has 4 aromatic rings. The number of carbonyl (C=O) groups is 1. The lowest BCUT2D eigenvalue weighted by Gasteiger charge is -2.21. The number of para-hydroxylation sites is 2. The molecular formula is C22H20ClN3O3. The fraction of sp³-hybridized carbons (Fsp3) is 0.182. The lowest BCUT2D eigenvalue weighted by Crippen LogP contribution is -2.31. The maximum absolute atomic E-state index is 13.2. The summed E-state index contributed by atoms with van der Waals surface area (Å²) >= 11 is 6.23. The van der Waals surface area contributed by atoms with Gasteiger partial charge in [-0.3, -0.25) is 4.79 Å². The van der Waals surface area contributed by atoms with E-state index in [0.29, 0.717) is 22.2 Å². The second kappa shape index (κ2) is 7.64. The maximum atomic E-state index is 13.2. The van der Waals surface area contributed by atoms with Crippen LogP contribution < -0.4 is 10.1 Å². The highest BCUT2D eigenvalue weighted by Gasteiger charge is 2.27. The molecule has 0 fully saturated rings. The largest absolute Gasteiger partial charge is 0.496 e. The van der Waals surface area contributed by atoms with Gasteiger partial charge in [-0.05, 0) is 19.1 Å². The predicted octanol–water partition coefficient (Wildman–Crippen LogP) is 4.66. The van der Waals surface area contributed by atoms with E-state index >= 15 is 0 Å². The Kier molecular flexibility index (Phi) is 5.03. The molecule has 2 heterocycles. The van der Waals surface area contributed by atoms with Gasteiger partial charge >= 0.3 is 0 Å². The van der Waals surface area contributed by atoms with Crippen LogP contribution in [-0.4, -0.2) is 22.6 Å². The number of aromatic nitrogens is 2. The van der Waals surface area contributed by atoms with Crippen molar-refractivity contribution in [2.24, 2.45) is 7.05 Å². The van der Waals surface area contributed by atoms with Crippen molar-refractivity contribution in [2.75, 3.05) is 7.11 Å². The van der Waals surface area contributed by atoms with E-state index in [-0.39, 0.29) is 11.7 Å². The van der Waals surface area contributed by atoms with Crippen molar-refractivity contribution in [3.05, 3.63) is 82.6 Å². The number of nitrogens with one attached hydrogen (secondary N) is 1. The third-order valence-corrected chi connectivity index (χ3v) is 5.26. The molecular weight excluding hydrogens is 390 g/mol. The fourth-order valence-corrected chi connectivity index (χ4v) is 3.68. The minimum atomic E-state index is -0.526. The Morgan fingerprint density at radius 3 is 2.72 bits per heavy atom. The number of hydrogen-bond donors (Lipinski definition) is 1. The molecule has 0 spiro atoms. The standard InChI is InChI=1S/C22H20ClN3O3/c1-13-14-8-6-9-16(23)20(14)29-19(13)22(27)25-18(21-24-11-12-26(21)2)15-7-4-5-10-17(15)28-3/h4-12,18H,1-3H3,(H,25,27)/t18-/m1/s1. The quantitative estimate of drug-likeness (QED) is 0.520. The number of methoxy groups -OCH3 is 1. The van der Waals surface area contributed by atoms with Gasteiger partial charge in [-0.25, -0.2) is 4.98 Å². The summed E-state index contributed by atoms with van der Waals surface area (Å²) < 4.78 is 13.2. The van der Waals surface area contributed by atoms with Crippen molar-refractivity contribution in [3.63, 3.8) is 0 Å². The highest BCUT2D eigenvalue weighted by Crippen LogP contribution is 2.33. The Morgan fingerprint density at radius 2 is 2.03 bits per heavy atom. The molecule has 29 heavy (non-hydrogen) atoms. The van der Waals surface area contributed by atoms with Gasteiger partial charge in [0.05, 0.1) is 12.1 Å². The van der Waals surface area contributed by atoms with E-state index in [4.69, 9.17) is 20.8 Å². The number of hydrogen-bond acceptors (Lipinski definition) is 4. The third-order valence-electron chi connectivity index (χ3n) is 4.96. The number of fused-ring (bicyclic) bond motifs is 1. The minimum Gasteiger partial charge on any atom is -0.496 e. The van der Waals surface area contributed by atoms with Crippen LogP contribution in [0.25, 0.3) is 11.0 Å². The Bertz CT molecular complexity index is 1200. The first-order valence-corrected chi connectivity index (χ1v) is 9.47. The molecule has 0 aliphatic rings. The zero-order valence-corrected chi connectivity index (χ0v) is 17.0. The minimum absolute atomic E-state index is 0.224. The van der Waals surface area contributed by atoms with Gasteiger partial charge in [-0.15, -0.1) is 0 Å². The number of nitrogens with zero attached hydrogens (tertiary/aromatic N) is 2. The number of rotatable bonds is 5. The molecule has 2 aromatic carbocycles. The first kappa shape index (κ1) is 19.1. The molecule has 0 aliphatic carbocycles. The van der Waals surface area contributed by atoms with Crippen LogP contribution in [0.1, 0.15) is 33.5 Å². The highest BCUT2D eigenvalue weighted by molar-refractivity contribution is 6.35. The monoisotopic (exact) mass is 409 g/mol. The number of ether oxygens (including phenoxy) is 1. The van der Waals surface area contributed by atoms with Gasteiger partial charge in [0.25, 0.3) is 5.91 Å². The number of benzene rings is 2. The van der Waals surface area contributed by atoms with Crippen molar-refractivity contribution in [2.45, 2.75) is 13.0 Å². The summed E-state index contributed by atoms with van der Waals surface area (Å²) in [6.45, 7) is 1.84. The van der Waals surface area contributed by atoms with Crippen LogP contribution in [0.2, 0.25) is 5.02 Å². The van der Waals surface area contributed by atoms with Gasteiger partial charge in [-0.1, -0.05) is 41.9 Å². The van der Waals surface area contributed by atoms with E-state index in [1.54, 1.807) is 19.4 Å². The SMILES string of the molecule is COc1ccccc1[C@@H](NC(=O)c1oc2c(Cl)cccc2c1C)c1nccn1C. The summed E-state index contributed by atoms with van der Waals surface area (Å²) in [5.41, 5.74) is 2.03. The van der Waals surface area contributed by atoms with Crippen LogP contribution in [-0.2, 0) is 7.05 Å². The van der Waals surface area contributed by atoms with E-state index in [9.17, 15) is 4.79 Å². The number of imidazole rings is 1. The zero-order chi connectivity index (χ0) is 20.5. The molecule has 0 unspecified atom stereocenters. The topological polar surface area (TPSA) is 69.3 Å². The van der Waals surface area contributed by atoms with Crippen molar-refractivity contribution >= 4 is 28.5 Å². The van der Waals surface area contributed by atoms with Crippen molar-refractivity contribution < 1.29 is 13.9 Å². The molecule has 1 atom stereocenters. The van der Waals surface area contributed by atoms with Crippen LogP contribution in [0.5, 0.6) is 5.75 Å². The van der Waals surface area contributed by atoms with Crippen molar-refractivity contribution in [3.8, 4) is 5.75 Å². The number of carbonyl (C=O) groups excluding carboxylic acids is 1. The summed E-state index contributed by atoms with van der Waals surface area (Å²) in [5.74, 6) is 1.20. The van der Waals surface area contributed by atoms with Crippen molar-refractivity contribution in [1.82, 2.24) is 14.9 Å². The Labute approximate surface area is 173 Å². The Morgan fingerprint density at radius 1 is 1.24 bits per heavy atom. The van der Waals surface area contributed by atoms with Crippen LogP contribution in [0.3, 0.4) is 0 Å². The van der Waals surface area contributed by atoms with Crippen molar-refractivity contribution in [1.29, 1.82) is 0 Å². The zero-order valence-electron chi connectivity index (χ0n) is 16.3. The first-order chi connectivity index (χ1) is 14.0. The Balaban J connectivity index is 1.78. The summed E-state index contributed by atoms with van der Waals surface area (Å²) in [4.78, 5) is 17.6. The maximum Gasteiger partial charge on any atom is 0.288 e. The fourth-order valence-electron chi connectivity index (χ4n) is 3.46. The smallest absolute Gasteiger partial charge is 0.288 e. The lowest BCUT2D eigenvalue weighted by molar-refractivity contribution is 0.0914. The van der Waals surface area contributed by atoms with E-state index < -0.39 is 6.04 Å². The summed E-state index contributed by atoms with van der Waals surface area (Å²) in [6.07, 6.45) is 3.52.